The van der Waals surface area contributed by atoms with Crippen molar-refractivity contribution < 1.29 is 0 Å². The van der Waals surface area contributed by atoms with E-state index >= 15 is 0 Å². The van der Waals surface area contributed by atoms with Gasteiger partial charge in [-0.1, -0.05) is 24.3 Å². The molecule has 1 aromatic heterocycles. The molecule has 2 nitrogen and oxygen atoms in total. The topological polar surface area (TPSA) is 38.9 Å². The summed E-state index contributed by atoms with van der Waals surface area (Å²) in [5, 5.41) is 0. The maximum absolute atomic E-state index is 5.90. The van der Waals surface area contributed by atoms with Gasteiger partial charge in [-0.25, -0.2) is 0 Å². The summed E-state index contributed by atoms with van der Waals surface area (Å²) < 4.78 is 0. The Morgan fingerprint density at radius 2 is 2.05 bits per heavy atom. The number of anilines is 1. The van der Waals surface area contributed by atoms with Crippen molar-refractivity contribution >= 4 is 11.3 Å². The Hall–Kier alpha value is -2.09. The molecule has 2 aromatic rings. The number of pyridine rings is 1. The molecule has 1 fully saturated rings. The third-order valence-corrected chi connectivity index (χ3v) is 3.52. The van der Waals surface area contributed by atoms with Gasteiger partial charge in [0.15, 0.2) is 0 Å². The van der Waals surface area contributed by atoms with Crippen molar-refractivity contribution in [3.63, 3.8) is 0 Å². The third-order valence-electron chi connectivity index (χ3n) is 3.52. The maximum Gasteiger partial charge on any atom is 0.0346 e. The van der Waals surface area contributed by atoms with Crippen molar-refractivity contribution in [2.75, 3.05) is 5.73 Å². The molecule has 19 heavy (non-hydrogen) atoms. The van der Waals surface area contributed by atoms with Gasteiger partial charge in [0.05, 0.1) is 0 Å². The van der Waals surface area contributed by atoms with Crippen LogP contribution in [-0.4, -0.2) is 4.98 Å². The minimum absolute atomic E-state index is 0.804. The lowest BCUT2D eigenvalue weighted by Crippen LogP contribution is -1.92. The van der Waals surface area contributed by atoms with Crippen LogP contribution in [0.1, 0.15) is 30.4 Å². The van der Waals surface area contributed by atoms with Crippen LogP contribution in [0, 0.1) is 5.92 Å². The van der Waals surface area contributed by atoms with Crippen LogP contribution in [0.15, 0.2) is 54.9 Å². The van der Waals surface area contributed by atoms with E-state index in [1.54, 1.807) is 6.20 Å². The van der Waals surface area contributed by atoms with E-state index in [1.807, 2.05) is 30.5 Å². The number of benzene rings is 1. The van der Waals surface area contributed by atoms with E-state index in [2.05, 4.69) is 23.2 Å². The molecule has 0 saturated heterocycles. The molecule has 1 heterocycles. The number of aromatic nitrogens is 1. The minimum Gasteiger partial charge on any atom is -0.399 e. The largest absolute Gasteiger partial charge is 0.399 e. The molecule has 1 saturated carbocycles. The van der Waals surface area contributed by atoms with Gasteiger partial charge in [0, 0.05) is 23.6 Å². The maximum atomic E-state index is 5.90. The molecule has 1 aliphatic rings. The number of hydrogen-bond acceptors (Lipinski definition) is 2. The van der Waals surface area contributed by atoms with Crippen LogP contribution >= 0.6 is 0 Å². The fourth-order valence-corrected chi connectivity index (χ4v) is 2.27. The average Bonchev–Trinajstić information content (AvgIpc) is 3.25. The molecule has 0 amide bonds. The molecule has 2 heteroatoms. The normalized spacial score (nSPS) is 15.5. The number of nitrogens with two attached hydrogens (primary N) is 1. The van der Waals surface area contributed by atoms with Gasteiger partial charge in [-0.3, -0.25) is 4.98 Å². The SMILES string of the molecule is Nc1cccc(C(=CCC2CC2)c2cccnc2)c1. The lowest BCUT2D eigenvalue weighted by atomic mass is 9.97. The zero-order valence-corrected chi connectivity index (χ0v) is 10.9. The summed E-state index contributed by atoms with van der Waals surface area (Å²) in [5.41, 5.74) is 10.3. The van der Waals surface area contributed by atoms with Crippen molar-refractivity contribution in [3.8, 4) is 0 Å². The fourth-order valence-electron chi connectivity index (χ4n) is 2.27. The van der Waals surface area contributed by atoms with Crippen LogP contribution in [0.3, 0.4) is 0 Å². The summed E-state index contributed by atoms with van der Waals surface area (Å²) in [7, 11) is 0. The van der Waals surface area contributed by atoms with Crippen LogP contribution in [-0.2, 0) is 0 Å². The Kier molecular flexibility index (Phi) is 3.32. The van der Waals surface area contributed by atoms with Crippen LogP contribution in [0.4, 0.5) is 5.69 Å². The van der Waals surface area contributed by atoms with Crippen LogP contribution in [0.25, 0.3) is 5.57 Å². The molecule has 96 valence electrons. The smallest absolute Gasteiger partial charge is 0.0346 e. The molecule has 0 bridgehead atoms. The minimum atomic E-state index is 0.804. The van der Waals surface area contributed by atoms with Crippen molar-refractivity contribution in [1.82, 2.24) is 4.98 Å². The van der Waals surface area contributed by atoms with Gasteiger partial charge in [-0.2, -0.15) is 0 Å². The first-order chi connectivity index (χ1) is 9.33. The third kappa shape index (κ3) is 3.02. The van der Waals surface area contributed by atoms with Gasteiger partial charge in [0.1, 0.15) is 0 Å². The highest BCUT2D eigenvalue weighted by atomic mass is 14.6. The molecule has 1 aliphatic carbocycles. The molecule has 2 N–H and O–H groups in total. The monoisotopic (exact) mass is 250 g/mol. The zero-order chi connectivity index (χ0) is 13.1. The van der Waals surface area contributed by atoms with Crippen molar-refractivity contribution in [2.24, 2.45) is 5.92 Å². The van der Waals surface area contributed by atoms with E-state index in [-0.39, 0.29) is 0 Å². The van der Waals surface area contributed by atoms with Gasteiger partial charge in [-0.05, 0) is 54.5 Å². The number of nitrogens with zero attached hydrogens (tertiary/aromatic N) is 1. The molecular weight excluding hydrogens is 232 g/mol. The molecule has 0 spiro atoms. The van der Waals surface area contributed by atoms with Gasteiger partial charge in [-0.15, -0.1) is 0 Å². The summed E-state index contributed by atoms with van der Waals surface area (Å²) in [6, 6.07) is 12.2. The first kappa shape index (κ1) is 12.0. The van der Waals surface area contributed by atoms with Gasteiger partial charge in [0.25, 0.3) is 0 Å². The highest BCUT2D eigenvalue weighted by molar-refractivity contribution is 5.80. The Morgan fingerprint density at radius 3 is 2.74 bits per heavy atom. The second-order valence-electron chi connectivity index (χ2n) is 5.16. The lowest BCUT2D eigenvalue weighted by molar-refractivity contribution is 0.864. The number of allylic oxidation sites excluding steroid dienone is 1. The van der Waals surface area contributed by atoms with Gasteiger partial charge in [0.2, 0.25) is 0 Å². The summed E-state index contributed by atoms with van der Waals surface area (Å²) >= 11 is 0. The number of nitrogen functional groups attached to an aromatic ring is 1. The van der Waals surface area contributed by atoms with Gasteiger partial charge >= 0.3 is 0 Å². The van der Waals surface area contributed by atoms with E-state index < -0.39 is 0 Å². The van der Waals surface area contributed by atoms with E-state index in [9.17, 15) is 0 Å². The lowest BCUT2D eigenvalue weighted by Gasteiger charge is -2.09. The Balaban J connectivity index is 1.98. The summed E-state index contributed by atoms with van der Waals surface area (Å²) in [4.78, 5) is 4.22. The van der Waals surface area contributed by atoms with E-state index in [0.717, 1.165) is 23.6 Å². The molecule has 0 atom stereocenters. The fraction of sp³-hybridized carbons (Fsp3) is 0.235. The summed E-state index contributed by atoms with van der Waals surface area (Å²) in [5.74, 6) is 0.882. The second kappa shape index (κ2) is 5.27. The number of rotatable bonds is 4. The van der Waals surface area contributed by atoms with Crippen LogP contribution < -0.4 is 5.73 Å². The molecule has 0 unspecified atom stereocenters. The molecule has 3 rings (SSSR count). The predicted octanol–water partition coefficient (Wildman–Crippen LogP) is 3.90. The molecule has 0 aliphatic heterocycles. The molecular formula is C17H18N2. The van der Waals surface area contributed by atoms with Crippen molar-refractivity contribution in [3.05, 3.63) is 66.0 Å². The van der Waals surface area contributed by atoms with Crippen molar-refractivity contribution in [2.45, 2.75) is 19.3 Å². The molecule has 1 aromatic carbocycles. The van der Waals surface area contributed by atoms with Gasteiger partial charge < -0.3 is 5.73 Å². The average molecular weight is 250 g/mol. The van der Waals surface area contributed by atoms with Crippen LogP contribution in [0.5, 0.6) is 0 Å². The Morgan fingerprint density at radius 1 is 1.21 bits per heavy atom. The first-order valence-corrected chi connectivity index (χ1v) is 6.79. The number of hydrogen-bond donors (Lipinski definition) is 1. The van der Waals surface area contributed by atoms with E-state index in [0.29, 0.717) is 0 Å². The summed E-state index contributed by atoms with van der Waals surface area (Å²) in [6.07, 6.45) is 9.95. The zero-order valence-electron chi connectivity index (χ0n) is 10.9. The Bertz CT molecular complexity index is 583. The van der Waals surface area contributed by atoms with Crippen molar-refractivity contribution in [1.29, 1.82) is 0 Å². The highest BCUT2D eigenvalue weighted by Gasteiger charge is 2.20. The highest BCUT2D eigenvalue weighted by Crippen LogP contribution is 2.35. The van der Waals surface area contributed by atoms with E-state index in [1.165, 1.54) is 24.0 Å². The van der Waals surface area contributed by atoms with Crippen LogP contribution in [0.2, 0.25) is 0 Å². The Labute approximate surface area is 114 Å². The second-order valence-corrected chi connectivity index (χ2v) is 5.16. The summed E-state index contributed by atoms with van der Waals surface area (Å²) in [6.45, 7) is 0. The van der Waals surface area contributed by atoms with E-state index in [4.69, 9.17) is 5.73 Å². The molecule has 0 radical (unpaired) electrons. The standard InChI is InChI=1S/C17H18N2/c18-16-5-1-3-14(11-16)17(9-8-13-6-7-13)15-4-2-10-19-12-15/h1-5,9-13H,6-8,18H2. The first-order valence-electron chi connectivity index (χ1n) is 6.79. The predicted molar refractivity (Wildman–Crippen MR) is 79.5 cm³/mol. The quantitative estimate of drug-likeness (QED) is 0.836.